The molecule has 0 aliphatic heterocycles. The van der Waals surface area contributed by atoms with Crippen LogP contribution in [0.2, 0.25) is 0 Å². The molecule has 3 atom stereocenters. The molecule has 2 aromatic carbocycles. The number of amides is 2. The zero-order chi connectivity index (χ0) is 24.1. The number of carboxylic acids is 1. The number of hydrogen-bond donors (Lipinski definition) is 3. The van der Waals surface area contributed by atoms with Crippen molar-refractivity contribution in [2.24, 2.45) is 11.8 Å². The lowest BCUT2D eigenvalue weighted by Crippen LogP contribution is -2.44. The molecule has 2 aliphatic carbocycles. The molecule has 1 fully saturated rings. The van der Waals surface area contributed by atoms with Crippen molar-refractivity contribution in [3.8, 4) is 11.1 Å². The molecular weight excluding hydrogens is 432 g/mol. The number of aliphatic carboxylic acids is 1. The molecule has 7 nitrogen and oxygen atoms in total. The van der Waals surface area contributed by atoms with Gasteiger partial charge in [0, 0.05) is 24.9 Å². The summed E-state index contributed by atoms with van der Waals surface area (Å²) in [7, 11) is 0. The molecule has 180 valence electrons. The van der Waals surface area contributed by atoms with Gasteiger partial charge in [0.05, 0.1) is 5.92 Å². The monoisotopic (exact) mass is 464 g/mol. The number of carbonyl (C=O) groups excluding carboxylic acids is 2. The van der Waals surface area contributed by atoms with E-state index in [-0.39, 0.29) is 42.7 Å². The number of rotatable bonds is 9. The summed E-state index contributed by atoms with van der Waals surface area (Å²) in [5.74, 6) is -1.23. The molecule has 2 amide bonds. The third kappa shape index (κ3) is 5.41. The Kier molecular flexibility index (Phi) is 7.50. The Bertz CT molecular complexity index is 1010. The van der Waals surface area contributed by atoms with Gasteiger partial charge < -0.3 is 20.5 Å². The summed E-state index contributed by atoms with van der Waals surface area (Å²) in [6, 6.07) is 16.1. The average Bonchev–Trinajstić information content (AvgIpc) is 3.39. The van der Waals surface area contributed by atoms with E-state index < -0.39 is 12.1 Å². The number of carbonyl (C=O) groups is 3. The normalized spacial score (nSPS) is 19.7. The maximum absolute atomic E-state index is 12.7. The largest absolute Gasteiger partial charge is 0.481 e. The summed E-state index contributed by atoms with van der Waals surface area (Å²) in [5, 5.41) is 14.7. The number of benzene rings is 2. The molecule has 0 heterocycles. The van der Waals surface area contributed by atoms with Crippen LogP contribution in [-0.4, -0.2) is 42.3 Å². The van der Waals surface area contributed by atoms with Gasteiger partial charge in [-0.25, -0.2) is 4.79 Å². The van der Waals surface area contributed by atoms with E-state index in [2.05, 4.69) is 34.9 Å². The fourth-order valence-corrected chi connectivity index (χ4v) is 5.21. The van der Waals surface area contributed by atoms with Crippen molar-refractivity contribution in [1.82, 2.24) is 10.6 Å². The highest BCUT2D eigenvalue weighted by Gasteiger charge is 2.35. The molecule has 3 N–H and O–H groups in total. The highest BCUT2D eigenvalue weighted by atomic mass is 16.5. The number of nitrogens with one attached hydrogen (secondary N) is 2. The molecule has 2 aliphatic rings. The Hall–Kier alpha value is -3.35. The Morgan fingerprint density at radius 2 is 1.68 bits per heavy atom. The maximum Gasteiger partial charge on any atom is 0.407 e. The van der Waals surface area contributed by atoms with Gasteiger partial charge in [0.2, 0.25) is 5.91 Å². The minimum absolute atomic E-state index is 0.00359. The maximum atomic E-state index is 12.7. The first-order valence-electron chi connectivity index (χ1n) is 12.0. The van der Waals surface area contributed by atoms with Gasteiger partial charge in [-0.05, 0) is 47.4 Å². The van der Waals surface area contributed by atoms with Gasteiger partial charge in [0.25, 0.3) is 0 Å². The van der Waals surface area contributed by atoms with E-state index in [1.807, 2.05) is 31.2 Å². The van der Waals surface area contributed by atoms with E-state index in [0.717, 1.165) is 24.0 Å². The Morgan fingerprint density at radius 1 is 1.03 bits per heavy atom. The SMILES string of the molecule is CC(CCNC(=O)C1CCCC1NC(=O)OCC1c2ccccc2-c2ccccc21)CC(=O)O. The third-order valence-corrected chi connectivity index (χ3v) is 6.96. The molecule has 3 unspecified atom stereocenters. The molecule has 1 saturated carbocycles. The van der Waals surface area contributed by atoms with E-state index in [1.165, 1.54) is 11.1 Å². The van der Waals surface area contributed by atoms with E-state index in [9.17, 15) is 14.4 Å². The van der Waals surface area contributed by atoms with Crippen molar-refractivity contribution in [3.05, 3.63) is 59.7 Å². The number of ether oxygens (including phenoxy) is 1. The van der Waals surface area contributed by atoms with Crippen molar-refractivity contribution in [2.75, 3.05) is 13.2 Å². The Labute approximate surface area is 199 Å². The highest BCUT2D eigenvalue weighted by Crippen LogP contribution is 2.44. The number of carboxylic acid groups (broad SMARTS) is 1. The summed E-state index contributed by atoms with van der Waals surface area (Å²) in [6.07, 6.45) is 2.51. The first-order valence-corrected chi connectivity index (χ1v) is 12.0. The summed E-state index contributed by atoms with van der Waals surface area (Å²) < 4.78 is 5.64. The molecule has 0 aromatic heterocycles. The van der Waals surface area contributed by atoms with E-state index in [4.69, 9.17) is 9.84 Å². The van der Waals surface area contributed by atoms with Gasteiger partial charge >= 0.3 is 12.1 Å². The summed E-state index contributed by atoms with van der Waals surface area (Å²) in [6.45, 7) is 2.53. The second-order valence-electron chi connectivity index (χ2n) is 9.40. The van der Waals surface area contributed by atoms with Gasteiger partial charge in [-0.2, -0.15) is 0 Å². The number of fused-ring (bicyclic) bond motifs is 3. The lowest BCUT2D eigenvalue weighted by atomic mass is 9.98. The lowest BCUT2D eigenvalue weighted by molar-refractivity contribution is -0.138. The third-order valence-electron chi connectivity index (χ3n) is 6.96. The lowest BCUT2D eigenvalue weighted by Gasteiger charge is -2.21. The van der Waals surface area contributed by atoms with Gasteiger partial charge in [0.15, 0.2) is 0 Å². The second kappa shape index (κ2) is 10.7. The fraction of sp³-hybridized carbons (Fsp3) is 0.444. The van der Waals surface area contributed by atoms with E-state index >= 15 is 0 Å². The van der Waals surface area contributed by atoms with Gasteiger partial charge in [-0.3, -0.25) is 9.59 Å². The predicted molar refractivity (Wildman–Crippen MR) is 128 cm³/mol. The van der Waals surface area contributed by atoms with Crippen LogP contribution in [-0.2, 0) is 14.3 Å². The summed E-state index contributed by atoms with van der Waals surface area (Å²) in [4.78, 5) is 36.1. The Balaban J connectivity index is 1.28. The van der Waals surface area contributed by atoms with Crippen LogP contribution in [0.3, 0.4) is 0 Å². The van der Waals surface area contributed by atoms with Crippen LogP contribution >= 0.6 is 0 Å². The summed E-state index contributed by atoms with van der Waals surface area (Å²) in [5.41, 5.74) is 4.67. The van der Waals surface area contributed by atoms with Crippen LogP contribution in [0.5, 0.6) is 0 Å². The van der Waals surface area contributed by atoms with Crippen molar-refractivity contribution in [3.63, 3.8) is 0 Å². The average molecular weight is 465 g/mol. The van der Waals surface area contributed by atoms with Crippen molar-refractivity contribution >= 4 is 18.0 Å². The van der Waals surface area contributed by atoms with Crippen molar-refractivity contribution in [2.45, 2.75) is 51.0 Å². The number of hydrogen-bond acceptors (Lipinski definition) is 4. The van der Waals surface area contributed by atoms with Gasteiger partial charge in [-0.15, -0.1) is 0 Å². The van der Waals surface area contributed by atoms with Gasteiger partial charge in [0.1, 0.15) is 6.61 Å². The molecule has 0 radical (unpaired) electrons. The zero-order valence-corrected chi connectivity index (χ0v) is 19.5. The van der Waals surface area contributed by atoms with Crippen molar-refractivity contribution < 1.29 is 24.2 Å². The fourth-order valence-electron chi connectivity index (χ4n) is 5.21. The molecule has 0 saturated heterocycles. The highest BCUT2D eigenvalue weighted by molar-refractivity contribution is 5.81. The second-order valence-corrected chi connectivity index (χ2v) is 9.40. The van der Waals surface area contributed by atoms with E-state index in [1.54, 1.807) is 0 Å². The van der Waals surface area contributed by atoms with Crippen LogP contribution in [0.25, 0.3) is 11.1 Å². The molecular formula is C27H32N2O5. The molecule has 0 bridgehead atoms. The zero-order valence-electron chi connectivity index (χ0n) is 19.5. The van der Waals surface area contributed by atoms with E-state index in [0.29, 0.717) is 19.4 Å². The smallest absolute Gasteiger partial charge is 0.407 e. The van der Waals surface area contributed by atoms with Crippen LogP contribution in [0, 0.1) is 11.8 Å². The van der Waals surface area contributed by atoms with Gasteiger partial charge in [-0.1, -0.05) is 61.9 Å². The molecule has 34 heavy (non-hydrogen) atoms. The topological polar surface area (TPSA) is 105 Å². The molecule has 0 spiro atoms. The van der Waals surface area contributed by atoms with Crippen LogP contribution in [0.4, 0.5) is 4.79 Å². The van der Waals surface area contributed by atoms with Crippen LogP contribution in [0.1, 0.15) is 56.1 Å². The molecule has 2 aromatic rings. The minimum Gasteiger partial charge on any atom is -0.481 e. The first-order chi connectivity index (χ1) is 16.4. The predicted octanol–water partition coefficient (Wildman–Crippen LogP) is 4.31. The Morgan fingerprint density at radius 3 is 2.32 bits per heavy atom. The summed E-state index contributed by atoms with van der Waals surface area (Å²) >= 11 is 0. The standard InChI is InChI=1S/C27H32N2O5/c1-17(15-25(30)31)13-14-28-26(32)22-11-6-12-24(22)29-27(33)34-16-23-20-9-4-2-7-18(20)19-8-3-5-10-21(19)23/h2-5,7-10,17,22-24H,6,11-16H2,1H3,(H,28,32)(H,29,33)(H,30,31). The number of alkyl carbamates (subject to hydrolysis) is 1. The van der Waals surface area contributed by atoms with Crippen LogP contribution < -0.4 is 10.6 Å². The van der Waals surface area contributed by atoms with Crippen LogP contribution in [0.15, 0.2) is 48.5 Å². The quantitative estimate of drug-likeness (QED) is 0.513. The first kappa shape index (κ1) is 23.8. The molecule has 4 rings (SSSR count). The minimum atomic E-state index is -0.832. The molecule has 7 heteroatoms. The van der Waals surface area contributed by atoms with Crippen molar-refractivity contribution in [1.29, 1.82) is 0 Å².